The first-order chi connectivity index (χ1) is 17.6. The van der Waals surface area contributed by atoms with Crippen LogP contribution in [0.5, 0.6) is 11.5 Å². The zero-order chi connectivity index (χ0) is 24.6. The summed E-state index contributed by atoms with van der Waals surface area (Å²) < 4.78 is 16.9. The van der Waals surface area contributed by atoms with Gasteiger partial charge in [0.05, 0.1) is 11.5 Å². The molecule has 182 valence electrons. The Morgan fingerprint density at radius 3 is 2.67 bits per heavy atom. The predicted octanol–water partition coefficient (Wildman–Crippen LogP) is 5.80. The predicted molar refractivity (Wildman–Crippen MR) is 136 cm³/mol. The minimum absolute atomic E-state index is 0.0990. The van der Waals surface area contributed by atoms with Gasteiger partial charge in [0.2, 0.25) is 6.79 Å². The fraction of sp³-hybridized carbons (Fsp3) is 0.276. The second-order valence-electron chi connectivity index (χ2n) is 9.32. The molecule has 0 N–H and O–H groups in total. The standard InChI is InChI=1S/C29H25NO5S/c1-17-26(29(32)33-15-18-6-3-2-4-7-18)27(19-9-10-23-24(14-19)35-16-34-23)28-21(30-17)12-20(13-22(28)31)25-8-5-11-36-25/h2-11,14,20,27-28H,12-13,15-16H2,1H3/t20-,27-,28-/m1/s1. The number of esters is 1. The molecule has 3 aliphatic rings. The summed E-state index contributed by atoms with van der Waals surface area (Å²) in [5.74, 6) is 0.0360. The SMILES string of the molecule is CC1=C(C(=O)OCc2ccccc2)[C@@H](c2ccc3c(c2)OCO3)[C@H]2C(=O)C[C@H](c3cccs3)CC2=N1. The molecule has 0 unspecified atom stereocenters. The van der Waals surface area contributed by atoms with Gasteiger partial charge in [-0.05, 0) is 48.1 Å². The molecule has 0 amide bonds. The van der Waals surface area contributed by atoms with Crippen LogP contribution in [0.2, 0.25) is 0 Å². The highest BCUT2D eigenvalue weighted by molar-refractivity contribution is 7.10. The first-order valence-electron chi connectivity index (χ1n) is 12.0. The van der Waals surface area contributed by atoms with Crippen molar-refractivity contribution in [3.05, 3.63) is 93.3 Å². The van der Waals surface area contributed by atoms with E-state index in [4.69, 9.17) is 19.2 Å². The fourth-order valence-corrected chi connectivity index (χ4v) is 6.26. The van der Waals surface area contributed by atoms with E-state index in [1.54, 1.807) is 11.3 Å². The van der Waals surface area contributed by atoms with E-state index < -0.39 is 17.8 Å². The van der Waals surface area contributed by atoms with Gasteiger partial charge in [-0.2, -0.15) is 0 Å². The number of Topliss-reactive ketones (excluding diaryl/α,β-unsaturated/α-hetero) is 1. The van der Waals surface area contributed by atoms with E-state index in [1.807, 2.05) is 66.9 Å². The number of hydrogen-bond acceptors (Lipinski definition) is 7. The van der Waals surface area contributed by atoms with Gasteiger partial charge in [0.1, 0.15) is 12.4 Å². The topological polar surface area (TPSA) is 74.2 Å². The van der Waals surface area contributed by atoms with E-state index in [9.17, 15) is 9.59 Å². The maximum Gasteiger partial charge on any atom is 0.336 e. The van der Waals surface area contributed by atoms with Crippen LogP contribution >= 0.6 is 11.3 Å². The van der Waals surface area contributed by atoms with Crippen molar-refractivity contribution in [2.75, 3.05) is 6.79 Å². The van der Waals surface area contributed by atoms with E-state index in [1.165, 1.54) is 4.88 Å². The van der Waals surface area contributed by atoms with Gasteiger partial charge in [-0.15, -0.1) is 11.3 Å². The van der Waals surface area contributed by atoms with Crippen LogP contribution in [-0.2, 0) is 20.9 Å². The summed E-state index contributed by atoms with van der Waals surface area (Å²) in [4.78, 5) is 33.3. The third kappa shape index (κ3) is 4.13. The van der Waals surface area contributed by atoms with Crippen LogP contribution in [0.1, 0.15) is 47.6 Å². The first-order valence-corrected chi connectivity index (χ1v) is 12.9. The average molecular weight is 500 g/mol. The maximum atomic E-state index is 13.7. The van der Waals surface area contributed by atoms with Crippen molar-refractivity contribution in [3.8, 4) is 11.5 Å². The smallest absolute Gasteiger partial charge is 0.336 e. The van der Waals surface area contributed by atoms with Crippen LogP contribution in [0.15, 0.2) is 82.3 Å². The van der Waals surface area contributed by atoms with Gasteiger partial charge in [0.15, 0.2) is 11.5 Å². The number of fused-ring (bicyclic) bond motifs is 2. The van der Waals surface area contributed by atoms with Crippen LogP contribution in [0.3, 0.4) is 0 Å². The zero-order valence-corrected chi connectivity index (χ0v) is 20.6. The fourth-order valence-electron chi connectivity index (χ4n) is 5.43. The van der Waals surface area contributed by atoms with Gasteiger partial charge in [0, 0.05) is 34.5 Å². The van der Waals surface area contributed by atoms with Gasteiger partial charge in [0.25, 0.3) is 0 Å². The number of allylic oxidation sites excluding steroid dienone is 1. The molecule has 1 saturated carbocycles. The van der Waals surface area contributed by atoms with Gasteiger partial charge in [-0.1, -0.05) is 42.5 Å². The van der Waals surface area contributed by atoms with E-state index in [0.29, 0.717) is 35.6 Å². The number of nitrogens with zero attached hydrogens (tertiary/aromatic N) is 1. The lowest BCUT2D eigenvalue weighted by Crippen LogP contribution is -2.41. The minimum atomic E-state index is -0.510. The molecule has 0 bridgehead atoms. The number of thiophene rings is 1. The van der Waals surface area contributed by atoms with Crippen molar-refractivity contribution in [2.45, 2.75) is 38.2 Å². The second kappa shape index (κ2) is 9.39. The Morgan fingerprint density at radius 2 is 1.86 bits per heavy atom. The number of ether oxygens (including phenoxy) is 3. The summed E-state index contributed by atoms with van der Waals surface area (Å²) in [6.07, 6.45) is 1.12. The van der Waals surface area contributed by atoms with E-state index in [0.717, 1.165) is 16.8 Å². The number of ketones is 1. The molecular formula is C29H25NO5S. The Hall–Kier alpha value is -3.71. The number of benzene rings is 2. The molecule has 3 atom stereocenters. The van der Waals surface area contributed by atoms with Crippen molar-refractivity contribution in [1.82, 2.24) is 0 Å². The second-order valence-corrected chi connectivity index (χ2v) is 10.3. The number of hydrogen-bond donors (Lipinski definition) is 0. The molecule has 6 rings (SSSR count). The third-order valence-electron chi connectivity index (χ3n) is 7.09. The molecule has 3 aromatic rings. The molecule has 36 heavy (non-hydrogen) atoms. The number of rotatable bonds is 5. The van der Waals surface area contributed by atoms with Gasteiger partial charge in [-0.25, -0.2) is 4.79 Å². The highest BCUT2D eigenvalue weighted by Crippen LogP contribution is 2.48. The Kier molecular flexibility index (Phi) is 5.93. The van der Waals surface area contributed by atoms with Crippen LogP contribution < -0.4 is 9.47 Å². The van der Waals surface area contributed by atoms with Gasteiger partial charge in [-0.3, -0.25) is 9.79 Å². The van der Waals surface area contributed by atoms with Crippen molar-refractivity contribution in [2.24, 2.45) is 10.9 Å². The van der Waals surface area contributed by atoms with Crippen molar-refractivity contribution < 1.29 is 23.8 Å². The van der Waals surface area contributed by atoms with Crippen LogP contribution in [-0.4, -0.2) is 24.3 Å². The van der Waals surface area contributed by atoms with Crippen LogP contribution in [0, 0.1) is 5.92 Å². The Balaban J connectivity index is 1.39. The Bertz CT molecular complexity index is 1380. The van der Waals surface area contributed by atoms with Gasteiger partial charge >= 0.3 is 5.97 Å². The largest absolute Gasteiger partial charge is 0.457 e. The summed E-state index contributed by atoms with van der Waals surface area (Å²) >= 11 is 1.67. The molecule has 0 saturated heterocycles. The molecular weight excluding hydrogens is 474 g/mol. The summed E-state index contributed by atoms with van der Waals surface area (Å²) in [6.45, 7) is 2.14. The molecule has 7 heteroatoms. The summed E-state index contributed by atoms with van der Waals surface area (Å²) in [7, 11) is 0. The molecule has 3 heterocycles. The zero-order valence-electron chi connectivity index (χ0n) is 19.8. The maximum absolute atomic E-state index is 13.7. The molecule has 2 aromatic carbocycles. The number of carbonyl (C=O) groups excluding carboxylic acids is 2. The quantitative estimate of drug-likeness (QED) is 0.415. The normalized spacial score (nSPS) is 22.8. The molecule has 2 aliphatic heterocycles. The Labute approximate surface area is 213 Å². The van der Waals surface area contributed by atoms with Gasteiger partial charge < -0.3 is 14.2 Å². The van der Waals surface area contributed by atoms with Crippen LogP contribution in [0.25, 0.3) is 0 Å². The van der Waals surface area contributed by atoms with E-state index in [2.05, 4.69) is 6.07 Å². The summed E-state index contributed by atoms with van der Waals surface area (Å²) in [5, 5.41) is 2.04. The van der Waals surface area contributed by atoms with E-state index in [-0.39, 0.29) is 25.1 Å². The Morgan fingerprint density at radius 1 is 1.03 bits per heavy atom. The lowest BCUT2D eigenvalue weighted by atomic mass is 9.67. The van der Waals surface area contributed by atoms with E-state index >= 15 is 0 Å². The third-order valence-corrected chi connectivity index (χ3v) is 8.12. The monoisotopic (exact) mass is 499 g/mol. The molecule has 0 spiro atoms. The minimum Gasteiger partial charge on any atom is -0.457 e. The highest BCUT2D eigenvalue weighted by atomic mass is 32.1. The molecule has 1 aromatic heterocycles. The molecule has 6 nitrogen and oxygen atoms in total. The molecule has 1 aliphatic carbocycles. The lowest BCUT2D eigenvalue weighted by molar-refractivity contribution is -0.140. The highest BCUT2D eigenvalue weighted by Gasteiger charge is 2.46. The summed E-state index contributed by atoms with van der Waals surface area (Å²) in [6, 6.07) is 19.3. The van der Waals surface area contributed by atoms with Crippen molar-refractivity contribution in [3.63, 3.8) is 0 Å². The summed E-state index contributed by atoms with van der Waals surface area (Å²) in [5.41, 5.74) is 3.59. The lowest BCUT2D eigenvalue weighted by Gasteiger charge is -2.38. The van der Waals surface area contributed by atoms with Crippen molar-refractivity contribution >= 4 is 28.8 Å². The van der Waals surface area contributed by atoms with Crippen molar-refractivity contribution in [1.29, 1.82) is 0 Å². The average Bonchev–Trinajstić information content (AvgIpc) is 3.59. The number of carbonyl (C=O) groups is 2. The molecule has 0 radical (unpaired) electrons. The first kappa shape index (κ1) is 22.7. The molecule has 1 fully saturated rings. The number of aliphatic imine (C=N–C) groups is 1. The van der Waals surface area contributed by atoms with Crippen LogP contribution in [0.4, 0.5) is 0 Å².